The highest BCUT2D eigenvalue weighted by molar-refractivity contribution is 6.06. The van der Waals surface area contributed by atoms with E-state index in [-0.39, 0.29) is 11.9 Å². The van der Waals surface area contributed by atoms with Crippen LogP contribution in [0.2, 0.25) is 0 Å². The number of benzene rings is 1. The van der Waals surface area contributed by atoms with E-state index in [1.807, 2.05) is 24.3 Å². The topological polar surface area (TPSA) is 99.8 Å². The van der Waals surface area contributed by atoms with Crippen molar-refractivity contribution in [1.82, 2.24) is 15.5 Å². The fraction of sp³-hybridized carbons (Fsp3) is 0.700. The number of urea groups is 1. The molecular weight excluding hydrogens is 462 g/mol. The van der Waals surface area contributed by atoms with Crippen LogP contribution in [-0.2, 0) is 17.9 Å². The Bertz CT molecular complexity index is 910. The van der Waals surface area contributed by atoms with Gasteiger partial charge in [0.25, 0.3) is 5.91 Å². The van der Waals surface area contributed by atoms with E-state index in [2.05, 4.69) is 24.5 Å². The Hall–Kier alpha value is -2.57. The molecule has 37 heavy (non-hydrogen) atoms. The maximum Gasteiger partial charge on any atom is 0.315 e. The van der Waals surface area contributed by atoms with E-state index < -0.39 is 5.54 Å². The lowest BCUT2D eigenvalue weighted by molar-refractivity contribution is -0.133. The van der Waals surface area contributed by atoms with Crippen molar-refractivity contribution < 1.29 is 9.59 Å². The summed E-state index contributed by atoms with van der Waals surface area (Å²) < 4.78 is 0. The van der Waals surface area contributed by atoms with Gasteiger partial charge in [-0.1, -0.05) is 102 Å². The fourth-order valence-corrected chi connectivity index (χ4v) is 6.41. The Morgan fingerprint density at radius 1 is 0.946 bits per heavy atom. The first-order chi connectivity index (χ1) is 17.8. The number of amides is 3. The monoisotopic (exact) mass is 509 g/mol. The summed E-state index contributed by atoms with van der Waals surface area (Å²) in [6.07, 6.45) is 14.2. The van der Waals surface area contributed by atoms with Crippen LogP contribution in [0.1, 0.15) is 102 Å². The first kappa shape index (κ1) is 27.5. The van der Waals surface area contributed by atoms with E-state index in [9.17, 15) is 9.59 Å². The molecule has 2 fully saturated rings. The third-order valence-corrected chi connectivity index (χ3v) is 8.44. The number of aliphatic imine (C=N–C) groups is 1. The van der Waals surface area contributed by atoms with Crippen LogP contribution in [-0.4, -0.2) is 34.9 Å². The van der Waals surface area contributed by atoms with Crippen LogP contribution in [0.4, 0.5) is 4.79 Å². The predicted molar refractivity (Wildman–Crippen MR) is 149 cm³/mol. The van der Waals surface area contributed by atoms with E-state index in [4.69, 9.17) is 10.7 Å². The van der Waals surface area contributed by atoms with Crippen LogP contribution in [0, 0.1) is 17.8 Å². The fourth-order valence-electron chi connectivity index (χ4n) is 6.41. The Labute approximate surface area is 223 Å². The Morgan fingerprint density at radius 2 is 1.49 bits per heavy atom. The largest absolute Gasteiger partial charge is 0.369 e. The van der Waals surface area contributed by atoms with Crippen molar-refractivity contribution in [3.8, 4) is 0 Å². The van der Waals surface area contributed by atoms with Crippen LogP contribution >= 0.6 is 0 Å². The van der Waals surface area contributed by atoms with Crippen LogP contribution in [0.3, 0.4) is 0 Å². The number of hydrogen-bond donors (Lipinski definition) is 3. The smallest absolute Gasteiger partial charge is 0.315 e. The highest BCUT2D eigenvalue weighted by Crippen LogP contribution is 2.42. The van der Waals surface area contributed by atoms with Gasteiger partial charge in [0.1, 0.15) is 5.54 Å². The van der Waals surface area contributed by atoms with Crippen molar-refractivity contribution in [3.05, 3.63) is 35.4 Å². The Balaban J connectivity index is 1.40. The van der Waals surface area contributed by atoms with Gasteiger partial charge in [-0.3, -0.25) is 9.69 Å². The van der Waals surface area contributed by atoms with Gasteiger partial charge in [-0.2, -0.15) is 0 Å². The number of carbonyl (C=O) groups is 2. The molecule has 1 aliphatic heterocycles. The molecule has 3 aliphatic rings. The van der Waals surface area contributed by atoms with E-state index >= 15 is 0 Å². The standard InChI is InChI=1S/C30H47N5O2/c1-22(2)19-32-29(37)33-20-25-13-15-26(16-14-25)21-35-27(36)30(34-28(35)31,17-23-9-5-3-6-10-23)18-24-11-7-4-8-12-24/h13-16,22-24H,3-12,17-21H2,1-2H3,(H2,31,34)(H2,32,33,37). The number of nitrogens with two attached hydrogens (primary N) is 1. The van der Waals surface area contributed by atoms with Crippen molar-refractivity contribution in [2.45, 2.75) is 110 Å². The second-order valence-corrected chi connectivity index (χ2v) is 12.1. The maximum absolute atomic E-state index is 14.0. The number of guanidine groups is 1. The summed E-state index contributed by atoms with van der Waals surface area (Å²) in [6.45, 7) is 5.69. The SMILES string of the molecule is CC(C)CNC(=O)NCc1ccc(CN2C(=O)C(CC3CCCCC3)(CC3CCCCC3)N=C2N)cc1. The number of rotatable bonds is 10. The summed E-state index contributed by atoms with van der Waals surface area (Å²) in [7, 11) is 0. The molecule has 4 N–H and O–H groups in total. The molecule has 1 aromatic carbocycles. The molecule has 0 atom stereocenters. The molecule has 0 radical (unpaired) electrons. The van der Waals surface area contributed by atoms with Crippen LogP contribution in [0.15, 0.2) is 29.3 Å². The molecule has 0 aromatic heterocycles. The summed E-state index contributed by atoms with van der Waals surface area (Å²) in [5.74, 6) is 2.04. The third kappa shape index (κ3) is 7.48. The normalized spacial score (nSPS) is 20.8. The van der Waals surface area contributed by atoms with Gasteiger partial charge in [-0.25, -0.2) is 9.79 Å². The van der Waals surface area contributed by atoms with Gasteiger partial charge in [0.2, 0.25) is 0 Å². The first-order valence-corrected chi connectivity index (χ1v) is 14.6. The van der Waals surface area contributed by atoms with Crippen molar-refractivity contribution in [3.63, 3.8) is 0 Å². The zero-order valence-electron chi connectivity index (χ0n) is 22.9. The average Bonchev–Trinajstić information content (AvgIpc) is 3.12. The van der Waals surface area contributed by atoms with Gasteiger partial charge in [-0.15, -0.1) is 0 Å². The molecule has 7 heteroatoms. The maximum atomic E-state index is 14.0. The van der Waals surface area contributed by atoms with Crippen LogP contribution in [0.5, 0.6) is 0 Å². The molecule has 0 saturated heterocycles. The lowest BCUT2D eigenvalue weighted by Gasteiger charge is -2.35. The van der Waals surface area contributed by atoms with Gasteiger partial charge >= 0.3 is 6.03 Å². The molecular formula is C30H47N5O2. The Morgan fingerprint density at radius 3 is 2.03 bits per heavy atom. The summed E-state index contributed by atoms with van der Waals surface area (Å²) in [4.78, 5) is 32.7. The highest BCUT2D eigenvalue weighted by Gasteiger charge is 2.49. The van der Waals surface area contributed by atoms with Crippen molar-refractivity contribution >= 4 is 17.9 Å². The second kappa shape index (κ2) is 12.8. The average molecular weight is 510 g/mol. The van der Waals surface area contributed by atoms with Gasteiger partial charge in [-0.05, 0) is 41.7 Å². The summed E-state index contributed by atoms with van der Waals surface area (Å²) in [5, 5.41) is 5.76. The summed E-state index contributed by atoms with van der Waals surface area (Å²) in [5.41, 5.74) is 7.82. The van der Waals surface area contributed by atoms with Crippen LogP contribution in [0.25, 0.3) is 0 Å². The second-order valence-electron chi connectivity index (χ2n) is 12.1. The highest BCUT2D eigenvalue weighted by atomic mass is 16.2. The Kier molecular flexibility index (Phi) is 9.49. The molecule has 204 valence electrons. The lowest BCUT2D eigenvalue weighted by Crippen LogP contribution is -2.46. The quantitative estimate of drug-likeness (QED) is 0.389. The number of nitrogens with one attached hydrogen (secondary N) is 2. The predicted octanol–water partition coefficient (Wildman–Crippen LogP) is 5.48. The van der Waals surface area contributed by atoms with Crippen molar-refractivity contribution in [2.24, 2.45) is 28.5 Å². The van der Waals surface area contributed by atoms with Crippen molar-refractivity contribution in [2.75, 3.05) is 6.54 Å². The van der Waals surface area contributed by atoms with E-state index in [1.54, 1.807) is 4.90 Å². The third-order valence-electron chi connectivity index (χ3n) is 8.44. The molecule has 1 heterocycles. The van der Waals surface area contributed by atoms with Gasteiger partial charge < -0.3 is 16.4 Å². The molecule has 2 aliphatic carbocycles. The summed E-state index contributed by atoms with van der Waals surface area (Å²) in [6, 6.07) is 7.89. The minimum Gasteiger partial charge on any atom is -0.369 e. The zero-order valence-corrected chi connectivity index (χ0v) is 22.9. The van der Waals surface area contributed by atoms with E-state index in [0.717, 1.165) is 24.0 Å². The first-order valence-electron chi connectivity index (χ1n) is 14.6. The van der Waals surface area contributed by atoms with E-state index in [1.165, 1.54) is 64.2 Å². The molecule has 3 amide bonds. The molecule has 0 bridgehead atoms. The zero-order chi connectivity index (χ0) is 26.3. The molecule has 0 spiro atoms. The number of carbonyl (C=O) groups excluding carboxylic acids is 2. The minimum atomic E-state index is -0.679. The summed E-state index contributed by atoms with van der Waals surface area (Å²) >= 11 is 0. The molecule has 7 nitrogen and oxygen atoms in total. The minimum absolute atomic E-state index is 0.105. The number of nitrogens with zero attached hydrogens (tertiary/aromatic N) is 2. The molecule has 2 saturated carbocycles. The molecule has 0 unspecified atom stereocenters. The van der Waals surface area contributed by atoms with E-state index in [0.29, 0.717) is 43.3 Å². The lowest BCUT2D eigenvalue weighted by atomic mass is 9.73. The van der Waals surface area contributed by atoms with Gasteiger partial charge in [0.05, 0.1) is 6.54 Å². The molecule has 4 rings (SSSR count). The van der Waals surface area contributed by atoms with Crippen LogP contribution < -0.4 is 16.4 Å². The van der Waals surface area contributed by atoms with Crippen molar-refractivity contribution in [1.29, 1.82) is 0 Å². The van der Waals surface area contributed by atoms with Gasteiger partial charge in [0.15, 0.2) is 5.96 Å². The van der Waals surface area contributed by atoms with Gasteiger partial charge in [0, 0.05) is 13.1 Å². The number of hydrogen-bond acceptors (Lipinski definition) is 4. The molecule has 1 aromatic rings.